The first-order valence-electron chi connectivity index (χ1n) is 5.08. The molecule has 1 heterocycles. The predicted octanol–water partition coefficient (Wildman–Crippen LogP) is 2.38. The Labute approximate surface area is 80.7 Å². The largest absolute Gasteiger partial charge is 0.350 e. The third-order valence-corrected chi connectivity index (χ3v) is 2.31. The number of aromatic nitrogens is 1. The van der Waals surface area contributed by atoms with Gasteiger partial charge in [0.15, 0.2) is 0 Å². The summed E-state index contributed by atoms with van der Waals surface area (Å²) in [6.45, 7) is 6.28. The molecule has 0 bridgehead atoms. The van der Waals surface area contributed by atoms with Crippen molar-refractivity contribution in [2.45, 2.75) is 39.8 Å². The molecule has 0 atom stereocenters. The first-order chi connectivity index (χ1) is 6.24. The van der Waals surface area contributed by atoms with Crippen LogP contribution in [0.3, 0.4) is 0 Å². The summed E-state index contributed by atoms with van der Waals surface area (Å²) in [4.78, 5) is 0. The van der Waals surface area contributed by atoms with Crippen molar-refractivity contribution in [2.75, 3.05) is 0 Å². The molecule has 0 saturated carbocycles. The smallest absolute Gasteiger partial charge is 0.0334 e. The summed E-state index contributed by atoms with van der Waals surface area (Å²) in [6, 6.07) is 4.16. The van der Waals surface area contributed by atoms with E-state index in [9.17, 15) is 0 Å². The molecule has 0 aromatic carbocycles. The molecular weight excluding hydrogens is 160 g/mol. The van der Waals surface area contributed by atoms with E-state index in [1.54, 1.807) is 0 Å². The molecule has 74 valence electrons. The molecule has 0 radical (unpaired) electrons. The van der Waals surface area contributed by atoms with Crippen molar-refractivity contribution in [3.8, 4) is 0 Å². The SMILES string of the molecule is CC(C)CCCn1cccc1CN. The van der Waals surface area contributed by atoms with Gasteiger partial charge in [0.2, 0.25) is 0 Å². The zero-order valence-corrected chi connectivity index (χ0v) is 8.66. The number of nitrogens with zero attached hydrogens (tertiary/aromatic N) is 1. The molecule has 1 rings (SSSR count). The van der Waals surface area contributed by atoms with Gasteiger partial charge in [0.1, 0.15) is 0 Å². The lowest BCUT2D eigenvalue weighted by Gasteiger charge is -2.08. The molecule has 2 N–H and O–H groups in total. The predicted molar refractivity (Wildman–Crippen MR) is 56.4 cm³/mol. The molecule has 1 aromatic rings. The summed E-state index contributed by atoms with van der Waals surface area (Å²) >= 11 is 0. The van der Waals surface area contributed by atoms with Crippen LogP contribution < -0.4 is 5.73 Å². The van der Waals surface area contributed by atoms with Crippen molar-refractivity contribution >= 4 is 0 Å². The third-order valence-electron chi connectivity index (χ3n) is 2.31. The fourth-order valence-corrected chi connectivity index (χ4v) is 1.52. The Morgan fingerprint density at radius 1 is 1.46 bits per heavy atom. The lowest BCUT2D eigenvalue weighted by molar-refractivity contribution is 0.506. The van der Waals surface area contributed by atoms with Gasteiger partial charge in [-0.05, 0) is 30.9 Å². The molecule has 1 aromatic heterocycles. The second-order valence-corrected chi connectivity index (χ2v) is 3.93. The van der Waals surface area contributed by atoms with Gasteiger partial charge in [-0.3, -0.25) is 0 Å². The standard InChI is InChI=1S/C11H20N2/c1-10(2)5-3-7-13-8-4-6-11(13)9-12/h4,6,8,10H,3,5,7,9,12H2,1-2H3. The Bertz CT molecular complexity index is 238. The van der Waals surface area contributed by atoms with E-state index in [1.807, 2.05) is 0 Å². The maximum Gasteiger partial charge on any atom is 0.0334 e. The highest BCUT2D eigenvalue weighted by Crippen LogP contribution is 2.08. The quantitative estimate of drug-likeness (QED) is 0.741. The Hall–Kier alpha value is -0.760. The normalized spacial score (nSPS) is 11.1. The highest BCUT2D eigenvalue weighted by atomic mass is 15.0. The van der Waals surface area contributed by atoms with E-state index < -0.39 is 0 Å². The van der Waals surface area contributed by atoms with Gasteiger partial charge < -0.3 is 10.3 Å². The summed E-state index contributed by atoms with van der Waals surface area (Å²) in [5.41, 5.74) is 6.85. The third kappa shape index (κ3) is 3.23. The molecular formula is C11H20N2. The Morgan fingerprint density at radius 2 is 2.23 bits per heavy atom. The summed E-state index contributed by atoms with van der Waals surface area (Å²) in [5, 5.41) is 0. The molecule has 0 aliphatic rings. The molecule has 0 unspecified atom stereocenters. The molecule has 0 aliphatic heterocycles. The summed E-state index contributed by atoms with van der Waals surface area (Å²) < 4.78 is 2.25. The molecule has 2 nitrogen and oxygen atoms in total. The van der Waals surface area contributed by atoms with E-state index in [-0.39, 0.29) is 0 Å². The molecule has 2 heteroatoms. The number of nitrogens with two attached hydrogens (primary N) is 1. The number of rotatable bonds is 5. The topological polar surface area (TPSA) is 30.9 Å². The van der Waals surface area contributed by atoms with Gasteiger partial charge in [0.25, 0.3) is 0 Å². The van der Waals surface area contributed by atoms with Gasteiger partial charge >= 0.3 is 0 Å². The number of hydrogen-bond donors (Lipinski definition) is 1. The van der Waals surface area contributed by atoms with Crippen LogP contribution in [0, 0.1) is 5.92 Å². The van der Waals surface area contributed by atoms with Crippen molar-refractivity contribution < 1.29 is 0 Å². The van der Waals surface area contributed by atoms with E-state index in [4.69, 9.17) is 5.73 Å². The van der Waals surface area contributed by atoms with E-state index in [2.05, 4.69) is 36.7 Å². The van der Waals surface area contributed by atoms with Crippen LogP contribution in [0.5, 0.6) is 0 Å². The van der Waals surface area contributed by atoms with Crippen molar-refractivity contribution in [2.24, 2.45) is 11.7 Å². The highest BCUT2D eigenvalue weighted by molar-refractivity contribution is 5.06. The van der Waals surface area contributed by atoms with Crippen LogP contribution in [-0.2, 0) is 13.1 Å². The second-order valence-electron chi connectivity index (χ2n) is 3.93. The number of hydrogen-bond acceptors (Lipinski definition) is 1. The Morgan fingerprint density at radius 3 is 2.85 bits per heavy atom. The van der Waals surface area contributed by atoms with Crippen LogP contribution in [-0.4, -0.2) is 4.57 Å². The molecule has 0 saturated heterocycles. The van der Waals surface area contributed by atoms with Crippen LogP contribution in [0.4, 0.5) is 0 Å². The lowest BCUT2D eigenvalue weighted by Crippen LogP contribution is -2.07. The van der Waals surface area contributed by atoms with E-state index in [0.717, 1.165) is 12.5 Å². The van der Waals surface area contributed by atoms with Crippen molar-refractivity contribution in [1.82, 2.24) is 4.57 Å². The summed E-state index contributed by atoms with van der Waals surface area (Å²) in [6.07, 6.45) is 4.66. The Kier molecular flexibility index (Phi) is 4.03. The van der Waals surface area contributed by atoms with Crippen molar-refractivity contribution in [1.29, 1.82) is 0 Å². The summed E-state index contributed by atoms with van der Waals surface area (Å²) in [5.74, 6) is 0.803. The molecule has 0 amide bonds. The first kappa shape index (κ1) is 10.3. The minimum absolute atomic E-state index is 0.647. The molecule has 0 aliphatic carbocycles. The van der Waals surface area contributed by atoms with Gasteiger partial charge in [0, 0.05) is 25.0 Å². The zero-order valence-electron chi connectivity index (χ0n) is 8.66. The lowest BCUT2D eigenvalue weighted by atomic mass is 10.1. The minimum Gasteiger partial charge on any atom is -0.350 e. The van der Waals surface area contributed by atoms with Crippen LogP contribution in [0.25, 0.3) is 0 Å². The van der Waals surface area contributed by atoms with Crippen LogP contribution in [0.1, 0.15) is 32.4 Å². The molecule has 0 spiro atoms. The maximum absolute atomic E-state index is 5.61. The fourth-order valence-electron chi connectivity index (χ4n) is 1.52. The summed E-state index contributed by atoms with van der Waals surface area (Å²) in [7, 11) is 0. The number of aryl methyl sites for hydroxylation is 1. The highest BCUT2D eigenvalue weighted by Gasteiger charge is 1.99. The Balaban J connectivity index is 2.36. The van der Waals surface area contributed by atoms with Crippen LogP contribution in [0.15, 0.2) is 18.3 Å². The van der Waals surface area contributed by atoms with Gasteiger partial charge in [-0.25, -0.2) is 0 Å². The van der Waals surface area contributed by atoms with Crippen LogP contribution >= 0.6 is 0 Å². The van der Waals surface area contributed by atoms with E-state index >= 15 is 0 Å². The average Bonchev–Trinajstić information content (AvgIpc) is 2.51. The zero-order chi connectivity index (χ0) is 9.68. The van der Waals surface area contributed by atoms with Crippen LogP contribution in [0.2, 0.25) is 0 Å². The molecule has 0 fully saturated rings. The van der Waals surface area contributed by atoms with Gasteiger partial charge in [0.05, 0.1) is 0 Å². The van der Waals surface area contributed by atoms with Gasteiger partial charge in [-0.15, -0.1) is 0 Å². The van der Waals surface area contributed by atoms with Gasteiger partial charge in [-0.1, -0.05) is 13.8 Å². The second kappa shape index (κ2) is 5.07. The molecule has 13 heavy (non-hydrogen) atoms. The fraction of sp³-hybridized carbons (Fsp3) is 0.636. The van der Waals surface area contributed by atoms with E-state index in [1.165, 1.54) is 18.5 Å². The average molecular weight is 180 g/mol. The monoisotopic (exact) mass is 180 g/mol. The first-order valence-corrected chi connectivity index (χ1v) is 5.08. The van der Waals surface area contributed by atoms with E-state index in [0.29, 0.717) is 6.54 Å². The van der Waals surface area contributed by atoms with Gasteiger partial charge in [-0.2, -0.15) is 0 Å². The van der Waals surface area contributed by atoms with Crippen molar-refractivity contribution in [3.05, 3.63) is 24.0 Å². The minimum atomic E-state index is 0.647. The maximum atomic E-state index is 5.61. The van der Waals surface area contributed by atoms with Crippen molar-refractivity contribution in [3.63, 3.8) is 0 Å².